The summed E-state index contributed by atoms with van der Waals surface area (Å²) < 4.78 is 24.9. The first-order valence-corrected chi connectivity index (χ1v) is 9.66. The van der Waals surface area contributed by atoms with Gasteiger partial charge in [-0.3, -0.25) is 9.80 Å². The molecule has 3 rings (SSSR count). The van der Waals surface area contributed by atoms with Gasteiger partial charge in [-0.2, -0.15) is 0 Å². The second-order valence-corrected chi connectivity index (χ2v) is 7.14. The number of ether oxygens (including phenoxy) is 2. The van der Waals surface area contributed by atoms with Gasteiger partial charge in [-0.05, 0) is 18.6 Å². The molecule has 1 saturated heterocycles. The van der Waals surface area contributed by atoms with Gasteiger partial charge in [0.05, 0.1) is 14.2 Å². The zero-order chi connectivity index (χ0) is 19.9. The molecule has 0 bridgehead atoms. The standard InChI is InChI=1S/C22H29FN2O3/c1-27-20-8-7-17(21(23)13-20)15-25-11-10-24(16-19(25)9-12-26)14-18-5-3-4-6-22(18)28-2/h3-8,13,19,26H,9-12,14-16H2,1-2H3/t19-/m0/s1. The summed E-state index contributed by atoms with van der Waals surface area (Å²) in [5, 5.41) is 9.53. The molecule has 2 aromatic carbocycles. The monoisotopic (exact) mass is 388 g/mol. The van der Waals surface area contributed by atoms with Crippen molar-refractivity contribution in [1.29, 1.82) is 0 Å². The third-order valence-corrected chi connectivity index (χ3v) is 5.37. The highest BCUT2D eigenvalue weighted by Gasteiger charge is 2.27. The number of rotatable bonds is 8. The number of aliphatic hydroxyl groups is 1. The highest BCUT2D eigenvalue weighted by Crippen LogP contribution is 2.24. The molecule has 0 amide bonds. The molecule has 0 saturated carbocycles. The van der Waals surface area contributed by atoms with E-state index in [2.05, 4.69) is 15.9 Å². The van der Waals surface area contributed by atoms with E-state index in [0.717, 1.165) is 37.5 Å². The van der Waals surface area contributed by atoms with Crippen molar-refractivity contribution in [1.82, 2.24) is 9.80 Å². The second-order valence-electron chi connectivity index (χ2n) is 7.14. The number of piperazine rings is 1. The van der Waals surface area contributed by atoms with Gasteiger partial charge in [0, 0.05) is 62.6 Å². The maximum absolute atomic E-state index is 14.4. The summed E-state index contributed by atoms with van der Waals surface area (Å²) in [6.45, 7) is 3.99. The van der Waals surface area contributed by atoms with Crippen LogP contribution in [0.2, 0.25) is 0 Å². The van der Waals surface area contributed by atoms with Crippen LogP contribution in [0.3, 0.4) is 0 Å². The summed E-state index contributed by atoms with van der Waals surface area (Å²) in [5.41, 5.74) is 1.81. The van der Waals surface area contributed by atoms with Gasteiger partial charge in [-0.25, -0.2) is 4.39 Å². The van der Waals surface area contributed by atoms with E-state index in [1.54, 1.807) is 19.2 Å². The largest absolute Gasteiger partial charge is 0.497 e. The maximum atomic E-state index is 14.4. The molecular formula is C22H29FN2O3. The van der Waals surface area contributed by atoms with E-state index >= 15 is 0 Å². The van der Waals surface area contributed by atoms with Crippen molar-refractivity contribution in [3.05, 3.63) is 59.4 Å². The van der Waals surface area contributed by atoms with Gasteiger partial charge in [0.25, 0.3) is 0 Å². The van der Waals surface area contributed by atoms with E-state index in [1.807, 2.05) is 18.2 Å². The molecule has 1 N–H and O–H groups in total. The molecule has 1 heterocycles. The number of halogens is 1. The SMILES string of the molecule is COc1ccc(CN2CCN(Cc3ccccc3OC)C[C@@H]2CCO)c(F)c1. The van der Waals surface area contributed by atoms with Crippen molar-refractivity contribution in [3.63, 3.8) is 0 Å². The topological polar surface area (TPSA) is 45.2 Å². The van der Waals surface area contributed by atoms with E-state index in [4.69, 9.17) is 9.47 Å². The van der Waals surface area contributed by atoms with Gasteiger partial charge in [-0.15, -0.1) is 0 Å². The summed E-state index contributed by atoms with van der Waals surface area (Å²) in [5.74, 6) is 1.16. The molecule has 6 heteroatoms. The predicted molar refractivity (Wildman–Crippen MR) is 107 cm³/mol. The van der Waals surface area contributed by atoms with Crippen LogP contribution >= 0.6 is 0 Å². The average molecular weight is 388 g/mol. The minimum absolute atomic E-state index is 0.120. The highest BCUT2D eigenvalue weighted by molar-refractivity contribution is 5.33. The van der Waals surface area contributed by atoms with Crippen LogP contribution in [-0.2, 0) is 13.1 Å². The molecule has 1 aliphatic heterocycles. The molecule has 152 valence electrons. The van der Waals surface area contributed by atoms with Crippen LogP contribution in [-0.4, -0.2) is 61.4 Å². The van der Waals surface area contributed by atoms with Crippen LogP contribution in [0.5, 0.6) is 11.5 Å². The van der Waals surface area contributed by atoms with E-state index in [9.17, 15) is 9.50 Å². The maximum Gasteiger partial charge on any atom is 0.131 e. The summed E-state index contributed by atoms with van der Waals surface area (Å²) in [7, 11) is 3.22. The normalized spacial score (nSPS) is 18.2. The first-order valence-electron chi connectivity index (χ1n) is 9.66. The number of benzene rings is 2. The lowest BCUT2D eigenvalue weighted by atomic mass is 10.1. The van der Waals surface area contributed by atoms with E-state index in [1.165, 1.54) is 13.2 Å². The Morgan fingerprint density at radius 1 is 1.04 bits per heavy atom. The Bertz CT molecular complexity index is 771. The number of methoxy groups -OCH3 is 2. The Morgan fingerprint density at radius 2 is 1.86 bits per heavy atom. The highest BCUT2D eigenvalue weighted by atomic mass is 19.1. The Morgan fingerprint density at radius 3 is 2.57 bits per heavy atom. The van der Waals surface area contributed by atoms with Gasteiger partial charge in [-0.1, -0.05) is 24.3 Å². The van der Waals surface area contributed by atoms with Gasteiger partial charge >= 0.3 is 0 Å². The lowest BCUT2D eigenvalue weighted by molar-refractivity contribution is 0.0489. The Kier molecular flexibility index (Phi) is 7.25. The van der Waals surface area contributed by atoms with E-state index in [-0.39, 0.29) is 18.5 Å². The Hall–Kier alpha value is -2.15. The van der Waals surface area contributed by atoms with E-state index in [0.29, 0.717) is 24.3 Å². The number of para-hydroxylation sites is 1. The van der Waals surface area contributed by atoms with Crippen molar-refractivity contribution < 1.29 is 19.0 Å². The summed E-state index contributed by atoms with van der Waals surface area (Å²) in [6, 6.07) is 13.2. The second kappa shape index (κ2) is 9.87. The Balaban J connectivity index is 1.67. The van der Waals surface area contributed by atoms with Crippen LogP contribution in [0.25, 0.3) is 0 Å². The number of hydrogen-bond acceptors (Lipinski definition) is 5. The van der Waals surface area contributed by atoms with Crippen molar-refractivity contribution >= 4 is 0 Å². The Labute approximate surface area is 166 Å². The van der Waals surface area contributed by atoms with Gasteiger partial charge in [0.2, 0.25) is 0 Å². The lowest BCUT2D eigenvalue weighted by Crippen LogP contribution is -2.52. The van der Waals surface area contributed by atoms with Crippen molar-refractivity contribution in [3.8, 4) is 11.5 Å². The van der Waals surface area contributed by atoms with Crippen molar-refractivity contribution in [2.45, 2.75) is 25.6 Å². The first kappa shape index (κ1) is 20.6. The molecule has 2 aromatic rings. The summed E-state index contributed by atoms with van der Waals surface area (Å²) >= 11 is 0. The zero-order valence-corrected chi connectivity index (χ0v) is 16.6. The van der Waals surface area contributed by atoms with Crippen molar-refractivity contribution in [2.24, 2.45) is 0 Å². The summed E-state index contributed by atoms with van der Waals surface area (Å²) in [4.78, 5) is 4.64. The van der Waals surface area contributed by atoms with Crippen LogP contribution in [0, 0.1) is 5.82 Å². The van der Waals surface area contributed by atoms with Crippen LogP contribution in [0.15, 0.2) is 42.5 Å². The molecule has 0 aliphatic carbocycles. The molecule has 0 aromatic heterocycles. The molecule has 28 heavy (non-hydrogen) atoms. The number of nitrogens with zero attached hydrogens (tertiary/aromatic N) is 2. The lowest BCUT2D eigenvalue weighted by Gasteiger charge is -2.41. The first-order chi connectivity index (χ1) is 13.6. The van der Waals surface area contributed by atoms with Gasteiger partial charge < -0.3 is 14.6 Å². The molecule has 0 spiro atoms. The molecule has 1 fully saturated rings. The minimum Gasteiger partial charge on any atom is -0.497 e. The average Bonchev–Trinajstić information content (AvgIpc) is 2.71. The fraction of sp³-hybridized carbons (Fsp3) is 0.455. The molecule has 1 atom stereocenters. The van der Waals surface area contributed by atoms with Crippen LogP contribution < -0.4 is 9.47 Å². The fourth-order valence-corrected chi connectivity index (χ4v) is 3.81. The number of hydrogen-bond donors (Lipinski definition) is 1. The third kappa shape index (κ3) is 5.01. The predicted octanol–water partition coefficient (Wildman–Crippen LogP) is 2.91. The van der Waals surface area contributed by atoms with Gasteiger partial charge in [0.15, 0.2) is 0 Å². The van der Waals surface area contributed by atoms with E-state index < -0.39 is 0 Å². The quantitative estimate of drug-likeness (QED) is 0.753. The molecule has 5 nitrogen and oxygen atoms in total. The molecular weight excluding hydrogens is 359 g/mol. The third-order valence-electron chi connectivity index (χ3n) is 5.37. The molecule has 1 aliphatic rings. The zero-order valence-electron chi connectivity index (χ0n) is 16.6. The molecule has 0 radical (unpaired) electrons. The number of aliphatic hydroxyl groups excluding tert-OH is 1. The van der Waals surface area contributed by atoms with Crippen LogP contribution in [0.4, 0.5) is 4.39 Å². The minimum atomic E-state index is -0.251. The van der Waals surface area contributed by atoms with Crippen molar-refractivity contribution in [2.75, 3.05) is 40.5 Å². The van der Waals surface area contributed by atoms with Gasteiger partial charge in [0.1, 0.15) is 17.3 Å². The molecule has 0 unspecified atom stereocenters. The fourth-order valence-electron chi connectivity index (χ4n) is 3.81. The van der Waals surface area contributed by atoms with Crippen LogP contribution in [0.1, 0.15) is 17.5 Å². The smallest absolute Gasteiger partial charge is 0.131 e. The summed E-state index contributed by atoms with van der Waals surface area (Å²) in [6.07, 6.45) is 0.667.